The molecule has 5 nitrogen and oxygen atoms in total. The predicted molar refractivity (Wildman–Crippen MR) is 73.8 cm³/mol. The summed E-state index contributed by atoms with van der Waals surface area (Å²) in [6.07, 6.45) is 1.66. The Morgan fingerprint density at radius 1 is 1.21 bits per heavy atom. The summed E-state index contributed by atoms with van der Waals surface area (Å²) >= 11 is 1.60. The molecule has 3 heterocycles. The molecule has 4 rings (SSSR count). The Kier molecular flexibility index (Phi) is 2.25. The Morgan fingerprint density at radius 2 is 2.05 bits per heavy atom. The van der Waals surface area contributed by atoms with E-state index in [0.29, 0.717) is 11.2 Å². The number of aromatic nitrogens is 4. The summed E-state index contributed by atoms with van der Waals surface area (Å²) in [5.74, 6) is 0.903. The number of fused-ring (bicyclic) bond motifs is 2. The first kappa shape index (κ1) is 10.8. The zero-order valence-corrected chi connectivity index (χ0v) is 10.8. The molecule has 0 radical (unpaired) electrons. The molecule has 0 saturated heterocycles. The fourth-order valence-electron chi connectivity index (χ4n) is 2.31. The van der Waals surface area contributed by atoms with Crippen LogP contribution in [0.4, 0.5) is 0 Å². The molecular weight excluding hydrogens is 260 g/mol. The van der Waals surface area contributed by atoms with E-state index in [2.05, 4.69) is 9.97 Å². The standard InChI is InChI=1S/C13H10N4OS/c18-12-10-11(15-13-16(12)6-7-19-13)14-8-17(10)9-4-2-1-3-5-9/h1-5,8H,6-7H2. The van der Waals surface area contributed by atoms with Gasteiger partial charge in [-0.05, 0) is 12.1 Å². The fraction of sp³-hybridized carbons (Fsp3) is 0.154. The number of hydrogen-bond acceptors (Lipinski definition) is 4. The fourth-order valence-corrected chi connectivity index (χ4v) is 3.24. The molecule has 6 heteroatoms. The Morgan fingerprint density at radius 3 is 2.89 bits per heavy atom. The van der Waals surface area contributed by atoms with Gasteiger partial charge >= 0.3 is 0 Å². The number of benzene rings is 1. The maximum Gasteiger partial charge on any atom is 0.280 e. The van der Waals surface area contributed by atoms with E-state index in [0.717, 1.165) is 23.1 Å². The predicted octanol–water partition coefficient (Wildman–Crippen LogP) is 1.69. The number of hydrogen-bond donors (Lipinski definition) is 0. The van der Waals surface area contributed by atoms with Gasteiger partial charge in [-0.15, -0.1) is 0 Å². The van der Waals surface area contributed by atoms with E-state index in [1.165, 1.54) is 0 Å². The molecule has 0 amide bonds. The molecule has 0 spiro atoms. The van der Waals surface area contributed by atoms with Crippen molar-refractivity contribution in [2.75, 3.05) is 5.75 Å². The van der Waals surface area contributed by atoms with Gasteiger partial charge in [-0.1, -0.05) is 30.0 Å². The second-order valence-electron chi connectivity index (χ2n) is 4.32. The first-order valence-corrected chi connectivity index (χ1v) is 6.99. The van der Waals surface area contributed by atoms with Gasteiger partial charge in [0.2, 0.25) is 0 Å². The summed E-state index contributed by atoms with van der Waals surface area (Å²) in [5, 5.41) is 0.774. The molecular formula is C13H10N4OS. The SMILES string of the molecule is O=c1c2c(ncn2-c2ccccc2)nc2n1CCS2. The highest BCUT2D eigenvalue weighted by Gasteiger charge is 2.20. The Labute approximate surface area is 112 Å². The summed E-state index contributed by atoms with van der Waals surface area (Å²) in [4.78, 5) is 21.2. The monoisotopic (exact) mass is 270 g/mol. The van der Waals surface area contributed by atoms with Crippen LogP contribution in [-0.4, -0.2) is 24.9 Å². The van der Waals surface area contributed by atoms with Crippen LogP contribution in [0.25, 0.3) is 16.9 Å². The van der Waals surface area contributed by atoms with E-state index < -0.39 is 0 Å². The minimum Gasteiger partial charge on any atom is -0.293 e. The second-order valence-corrected chi connectivity index (χ2v) is 5.38. The number of rotatable bonds is 1. The summed E-state index contributed by atoms with van der Waals surface area (Å²) < 4.78 is 3.54. The van der Waals surface area contributed by atoms with Crippen LogP contribution in [0.15, 0.2) is 46.6 Å². The summed E-state index contributed by atoms with van der Waals surface area (Å²) in [5.41, 5.74) is 1.99. The highest BCUT2D eigenvalue weighted by atomic mass is 32.2. The molecule has 0 saturated carbocycles. The minimum absolute atomic E-state index is 0.00801. The average molecular weight is 270 g/mol. The molecule has 0 unspecified atom stereocenters. The lowest BCUT2D eigenvalue weighted by Crippen LogP contribution is -2.22. The Bertz CT molecular complexity index is 822. The van der Waals surface area contributed by atoms with Crippen molar-refractivity contribution >= 4 is 22.9 Å². The van der Waals surface area contributed by atoms with Crippen molar-refractivity contribution in [3.05, 3.63) is 47.0 Å². The van der Waals surface area contributed by atoms with Crippen LogP contribution in [0.1, 0.15) is 0 Å². The lowest BCUT2D eigenvalue weighted by molar-refractivity contribution is 0.665. The van der Waals surface area contributed by atoms with Gasteiger partial charge in [0.25, 0.3) is 5.56 Å². The summed E-state index contributed by atoms with van der Waals surface area (Å²) in [7, 11) is 0. The van der Waals surface area contributed by atoms with Crippen LogP contribution >= 0.6 is 11.8 Å². The molecule has 1 aliphatic heterocycles. The molecule has 0 N–H and O–H groups in total. The van der Waals surface area contributed by atoms with Crippen molar-refractivity contribution in [2.45, 2.75) is 11.7 Å². The zero-order chi connectivity index (χ0) is 12.8. The number of thioether (sulfide) groups is 1. The molecule has 0 atom stereocenters. The summed E-state index contributed by atoms with van der Waals surface area (Å²) in [6, 6.07) is 9.73. The van der Waals surface area contributed by atoms with Crippen molar-refractivity contribution < 1.29 is 0 Å². The van der Waals surface area contributed by atoms with Crippen molar-refractivity contribution in [1.29, 1.82) is 0 Å². The highest BCUT2D eigenvalue weighted by molar-refractivity contribution is 7.99. The van der Waals surface area contributed by atoms with E-state index in [1.54, 1.807) is 27.2 Å². The topological polar surface area (TPSA) is 52.7 Å². The molecule has 19 heavy (non-hydrogen) atoms. The van der Waals surface area contributed by atoms with E-state index in [1.807, 2.05) is 30.3 Å². The Hall–Kier alpha value is -2.08. The highest BCUT2D eigenvalue weighted by Crippen LogP contribution is 2.23. The lowest BCUT2D eigenvalue weighted by atomic mass is 10.3. The number of nitrogens with zero attached hydrogens (tertiary/aromatic N) is 4. The average Bonchev–Trinajstić information content (AvgIpc) is 3.06. The maximum absolute atomic E-state index is 12.5. The van der Waals surface area contributed by atoms with Crippen molar-refractivity contribution in [3.63, 3.8) is 0 Å². The Balaban J connectivity index is 2.07. The first-order chi connectivity index (χ1) is 9.34. The van der Waals surface area contributed by atoms with Crippen LogP contribution in [-0.2, 0) is 6.54 Å². The second kappa shape index (κ2) is 3.96. The van der Waals surface area contributed by atoms with Crippen LogP contribution in [0.3, 0.4) is 0 Å². The number of para-hydroxylation sites is 1. The molecule has 1 aliphatic rings. The van der Waals surface area contributed by atoms with Crippen LogP contribution in [0.2, 0.25) is 0 Å². The maximum atomic E-state index is 12.5. The van der Waals surface area contributed by atoms with Crippen molar-refractivity contribution in [3.8, 4) is 5.69 Å². The third-order valence-electron chi connectivity index (χ3n) is 3.21. The van der Waals surface area contributed by atoms with Crippen LogP contribution in [0.5, 0.6) is 0 Å². The van der Waals surface area contributed by atoms with E-state index >= 15 is 0 Å². The zero-order valence-electron chi connectivity index (χ0n) is 9.98. The van der Waals surface area contributed by atoms with Crippen molar-refractivity contribution in [1.82, 2.24) is 19.1 Å². The van der Waals surface area contributed by atoms with Gasteiger partial charge in [0.05, 0.1) is 0 Å². The molecule has 2 aromatic heterocycles. The molecule has 0 bridgehead atoms. The quantitative estimate of drug-likeness (QED) is 0.631. The molecule has 0 aliphatic carbocycles. The van der Waals surface area contributed by atoms with Gasteiger partial charge in [-0.25, -0.2) is 9.97 Å². The van der Waals surface area contributed by atoms with Gasteiger partial charge < -0.3 is 0 Å². The van der Waals surface area contributed by atoms with Crippen LogP contribution in [0, 0.1) is 0 Å². The van der Waals surface area contributed by atoms with E-state index in [4.69, 9.17) is 0 Å². The molecule has 1 aromatic carbocycles. The van der Waals surface area contributed by atoms with E-state index in [9.17, 15) is 4.79 Å². The van der Waals surface area contributed by atoms with Gasteiger partial charge in [0, 0.05) is 18.0 Å². The van der Waals surface area contributed by atoms with Gasteiger partial charge in [-0.3, -0.25) is 13.9 Å². The third kappa shape index (κ3) is 1.53. The van der Waals surface area contributed by atoms with Crippen LogP contribution < -0.4 is 5.56 Å². The van der Waals surface area contributed by atoms with Gasteiger partial charge in [-0.2, -0.15) is 0 Å². The number of imidazole rings is 1. The summed E-state index contributed by atoms with van der Waals surface area (Å²) in [6.45, 7) is 0.724. The molecule has 3 aromatic rings. The van der Waals surface area contributed by atoms with Gasteiger partial charge in [0.1, 0.15) is 6.33 Å². The third-order valence-corrected chi connectivity index (χ3v) is 4.17. The smallest absolute Gasteiger partial charge is 0.280 e. The largest absolute Gasteiger partial charge is 0.293 e. The first-order valence-electron chi connectivity index (χ1n) is 6.01. The lowest BCUT2D eigenvalue weighted by Gasteiger charge is -2.05. The van der Waals surface area contributed by atoms with Gasteiger partial charge in [0.15, 0.2) is 16.3 Å². The van der Waals surface area contributed by atoms with Crippen molar-refractivity contribution in [2.24, 2.45) is 0 Å². The normalized spacial score (nSPS) is 13.9. The molecule has 0 fully saturated rings. The van der Waals surface area contributed by atoms with E-state index in [-0.39, 0.29) is 5.56 Å². The molecule has 94 valence electrons. The minimum atomic E-state index is -0.00801.